The normalized spacial score (nSPS) is 14.3. The fourth-order valence-corrected chi connectivity index (χ4v) is 7.44. The second-order valence-corrected chi connectivity index (χ2v) is 18.1. The number of rotatable bonds is 39. The molecule has 2 N–H and O–H groups in total. The molecule has 1 amide bonds. The standard InChI is InChI=1S/C44H83N2O5PS/c1-6-8-10-12-14-16-18-20-22-23-24-25-27-29-31-33-35-37-44(47)45-43(41-51-52(48,49)50-39-38-46(3,4)5)42-53-40-36-34-32-30-28-26-21-19-17-15-13-11-9-7-2/h14,16,20,22,24-25,29,31,43H,6-13,15,17-19,21,23,26-28,30,32-42H2,1-5H3,(H-,45,47,48,49)/p+1/b16-14-,22-20-,25-24-,31-29-/t43-/m0/s1. The summed E-state index contributed by atoms with van der Waals surface area (Å²) in [5.74, 6) is 1.60. The van der Waals surface area contributed by atoms with Crippen LogP contribution in [0.3, 0.4) is 0 Å². The summed E-state index contributed by atoms with van der Waals surface area (Å²) in [6, 6.07) is -0.349. The Balaban J connectivity index is 4.36. The van der Waals surface area contributed by atoms with Crippen LogP contribution in [0.2, 0.25) is 0 Å². The summed E-state index contributed by atoms with van der Waals surface area (Å²) in [7, 11) is 1.79. The number of carbonyl (C=O) groups excluding carboxylic acids is 1. The van der Waals surface area contributed by atoms with Gasteiger partial charge in [0.05, 0.1) is 33.8 Å². The Labute approximate surface area is 332 Å². The van der Waals surface area contributed by atoms with Gasteiger partial charge in [-0.15, -0.1) is 0 Å². The first-order chi connectivity index (χ1) is 25.6. The third kappa shape index (κ3) is 41.8. The molecule has 0 saturated heterocycles. The highest BCUT2D eigenvalue weighted by molar-refractivity contribution is 7.99. The van der Waals surface area contributed by atoms with Crippen molar-refractivity contribution in [3.63, 3.8) is 0 Å². The van der Waals surface area contributed by atoms with E-state index in [4.69, 9.17) is 9.05 Å². The van der Waals surface area contributed by atoms with Crippen molar-refractivity contribution in [2.24, 2.45) is 0 Å². The van der Waals surface area contributed by atoms with Gasteiger partial charge in [-0.2, -0.15) is 11.8 Å². The summed E-state index contributed by atoms with van der Waals surface area (Å²) >= 11 is 1.78. The van der Waals surface area contributed by atoms with Gasteiger partial charge in [-0.25, -0.2) is 4.57 Å². The number of thioether (sulfide) groups is 1. The van der Waals surface area contributed by atoms with Crippen LogP contribution < -0.4 is 5.32 Å². The minimum atomic E-state index is -4.20. The van der Waals surface area contributed by atoms with Crippen LogP contribution in [0.25, 0.3) is 0 Å². The van der Waals surface area contributed by atoms with Gasteiger partial charge in [0.2, 0.25) is 5.91 Å². The molecule has 0 saturated carbocycles. The number of nitrogens with zero attached hydrogens (tertiary/aromatic N) is 1. The highest BCUT2D eigenvalue weighted by atomic mass is 32.2. The molecule has 53 heavy (non-hydrogen) atoms. The van der Waals surface area contributed by atoms with Crippen molar-refractivity contribution in [2.75, 3.05) is 52.4 Å². The predicted octanol–water partition coefficient (Wildman–Crippen LogP) is 12.7. The molecule has 0 aromatic rings. The van der Waals surface area contributed by atoms with E-state index in [1.807, 2.05) is 21.1 Å². The fraction of sp³-hybridized carbons (Fsp3) is 0.795. The number of phosphoric acid groups is 1. The number of hydrogen-bond acceptors (Lipinski definition) is 5. The highest BCUT2D eigenvalue weighted by Crippen LogP contribution is 2.43. The van der Waals surface area contributed by atoms with Crippen molar-refractivity contribution in [1.82, 2.24) is 5.32 Å². The summed E-state index contributed by atoms with van der Waals surface area (Å²) in [4.78, 5) is 23.0. The summed E-state index contributed by atoms with van der Waals surface area (Å²) in [6.45, 7) is 5.17. The van der Waals surface area contributed by atoms with Gasteiger partial charge in [0.1, 0.15) is 13.2 Å². The Morgan fingerprint density at radius 2 is 1.11 bits per heavy atom. The molecule has 0 aliphatic rings. The van der Waals surface area contributed by atoms with E-state index >= 15 is 0 Å². The van der Waals surface area contributed by atoms with Crippen LogP contribution in [-0.2, 0) is 18.4 Å². The number of unbranched alkanes of at least 4 members (excludes halogenated alkanes) is 17. The lowest BCUT2D eigenvalue weighted by Crippen LogP contribution is -2.40. The summed E-state index contributed by atoms with van der Waals surface area (Å²) < 4.78 is 23.7. The van der Waals surface area contributed by atoms with Crippen LogP contribution in [0.5, 0.6) is 0 Å². The van der Waals surface area contributed by atoms with Gasteiger partial charge in [0, 0.05) is 12.2 Å². The zero-order valence-corrected chi connectivity index (χ0v) is 36.8. The largest absolute Gasteiger partial charge is 0.472 e. The number of phosphoric ester groups is 1. The maximum absolute atomic E-state index is 12.8. The first-order valence-electron chi connectivity index (χ1n) is 21.5. The average Bonchev–Trinajstić information content (AvgIpc) is 3.11. The first-order valence-corrected chi connectivity index (χ1v) is 24.1. The Morgan fingerprint density at radius 1 is 0.660 bits per heavy atom. The van der Waals surface area contributed by atoms with E-state index in [2.05, 4.69) is 67.8 Å². The van der Waals surface area contributed by atoms with Crippen molar-refractivity contribution in [1.29, 1.82) is 0 Å². The van der Waals surface area contributed by atoms with Crippen molar-refractivity contribution in [2.45, 2.75) is 174 Å². The zero-order valence-electron chi connectivity index (χ0n) is 35.1. The summed E-state index contributed by atoms with van der Waals surface area (Å²) in [5.41, 5.74) is 0. The molecule has 0 aromatic heterocycles. The number of likely N-dealkylation sites (N-methyl/N-ethyl adjacent to an activating group) is 1. The SMILES string of the molecule is CCCCC/C=C\C/C=C\C/C=C\C/C=C\CCCC(=O)N[C@@H](COP(=O)(O)OCC[N+](C)(C)C)CSCCCCCCCCCCCCCCCC. The topological polar surface area (TPSA) is 84.9 Å². The molecule has 0 radical (unpaired) electrons. The Kier molecular flexibility index (Phi) is 36.9. The van der Waals surface area contributed by atoms with Crippen LogP contribution in [0.1, 0.15) is 168 Å². The van der Waals surface area contributed by atoms with E-state index in [0.29, 0.717) is 23.2 Å². The van der Waals surface area contributed by atoms with Crippen LogP contribution in [0.15, 0.2) is 48.6 Å². The van der Waals surface area contributed by atoms with Gasteiger partial charge in [-0.05, 0) is 57.1 Å². The van der Waals surface area contributed by atoms with Crippen molar-refractivity contribution in [3.05, 3.63) is 48.6 Å². The highest BCUT2D eigenvalue weighted by Gasteiger charge is 2.25. The fourth-order valence-electron chi connectivity index (χ4n) is 5.65. The second kappa shape index (κ2) is 37.8. The van der Waals surface area contributed by atoms with E-state index < -0.39 is 7.82 Å². The van der Waals surface area contributed by atoms with Gasteiger partial charge in [-0.3, -0.25) is 13.8 Å². The third-order valence-electron chi connectivity index (χ3n) is 9.01. The van der Waals surface area contributed by atoms with Crippen LogP contribution in [0, 0.1) is 0 Å². The molecule has 0 spiro atoms. The number of allylic oxidation sites excluding steroid dienone is 8. The quantitative estimate of drug-likeness (QED) is 0.0279. The molecule has 0 bridgehead atoms. The summed E-state index contributed by atoms with van der Waals surface area (Å²) in [5, 5.41) is 3.06. The number of nitrogens with one attached hydrogen (secondary N) is 1. The van der Waals surface area contributed by atoms with Gasteiger partial charge in [-0.1, -0.05) is 159 Å². The van der Waals surface area contributed by atoms with E-state index in [-0.39, 0.29) is 25.2 Å². The van der Waals surface area contributed by atoms with Gasteiger partial charge in [0.25, 0.3) is 0 Å². The van der Waals surface area contributed by atoms with Crippen LogP contribution >= 0.6 is 19.6 Å². The molecule has 1 unspecified atom stereocenters. The monoisotopic (exact) mass is 784 g/mol. The zero-order chi connectivity index (χ0) is 39.1. The second-order valence-electron chi connectivity index (χ2n) is 15.5. The maximum Gasteiger partial charge on any atom is 0.472 e. The first kappa shape index (κ1) is 51.9. The third-order valence-corrected chi connectivity index (χ3v) is 11.2. The molecular weight excluding hydrogens is 700 g/mol. The molecule has 7 nitrogen and oxygen atoms in total. The summed E-state index contributed by atoms with van der Waals surface area (Å²) in [6.07, 6.45) is 46.4. The Morgan fingerprint density at radius 3 is 1.62 bits per heavy atom. The number of quaternary nitrogens is 1. The molecule has 9 heteroatoms. The van der Waals surface area contributed by atoms with Crippen molar-refractivity contribution in [3.8, 4) is 0 Å². The lowest BCUT2D eigenvalue weighted by atomic mass is 10.0. The van der Waals surface area contributed by atoms with Crippen molar-refractivity contribution < 1.29 is 27.8 Å². The minimum absolute atomic E-state index is 0.0488. The molecule has 0 fully saturated rings. The van der Waals surface area contributed by atoms with E-state index in [1.54, 1.807) is 11.8 Å². The van der Waals surface area contributed by atoms with Gasteiger partial charge < -0.3 is 14.7 Å². The molecule has 0 aliphatic heterocycles. The smallest absolute Gasteiger partial charge is 0.350 e. The van der Waals surface area contributed by atoms with Crippen LogP contribution in [-0.4, -0.2) is 73.7 Å². The lowest BCUT2D eigenvalue weighted by molar-refractivity contribution is -0.870. The lowest BCUT2D eigenvalue weighted by Gasteiger charge is -2.24. The van der Waals surface area contributed by atoms with Gasteiger partial charge >= 0.3 is 7.82 Å². The van der Waals surface area contributed by atoms with Crippen molar-refractivity contribution >= 4 is 25.5 Å². The van der Waals surface area contributed by atoms with Crippen LogP contribution in [0.4, 0.5) is 0 Å². The minimum Gasteiger partial charge on any atom is -0.350 e. The predicted molar refractivity (Wildman–Crippen MR) is 233 cm³/mol. The molecule has 0 heterocycles. The Bertz CT molecular complexity index is 995. The number of hydrogen-bond donors (Lipinski definition) is 2. The molecule has 0 aromatic carbocycles. The van der Waals surface area contributed by atoms with E-state index in [9.17, 15) is 14.3 Å². The molecule has 2 atom stereocenters. The van der Waals surface area contributed by atoms with E-state index in [0.717, 1.165) is 44.3 Å². The molecule has 0 rings (SSSR count). The maximum atomic E-state index is 12.8. The molecule has 0 aliphatic carbocycles. The molecule has 310 valence electrons. The molecular formula is C44H84N2O5PS+. The van der Waals surface area contributed by atoms with E-state index in [1.165, 1.54) is 109 Å². The number of amides is 1. The number of carbonyl (C=O) groups is 1. The average molecular weight is 784 g/mol. The van der Waals surface area contributed by atoms with Gasteiger partial charge in [0.15, 0.2) is 0 Å². The Hall–Kier alpha value is -1.15.